The Labute approximate surface area is 157 Å². The van der Waals surface area contributed by atoms with Gasteiger partial charge in [-0.2, -0.15) is 0 Å². The van der Waals surface area contributed by atoms with Gasteiger partial charge in [0.1, 0.15) is 12.9 Å². The van der Waals surface area contributed by atoms with Gasteiger partial charge in [-0.15, -0.1) is 0 Å². The maximum Gasteiger partial charge on any atom is 0.192 e. The van der Waals surface area contributed by atoms with Gasteiger partial charge >= 0.3 is 0 Å². The van der Waals surface area contributed by atoms with Crippen LogP contribution in [-0.4, -0.2) is 28.3 Å². The monoisotopic (exact) mass is 392 g/mol. The Morgan fingerprint density at radius 1 is 1.12 bits per heavy atom. The van der Waals surface area contributed by atoms with Crippen LogP contribution in [0.1, 0.15) is 45.8 Å². The molecule has 0 saturated heterocycles. The molecule has 0 saturated carbocycles. The lowest BCUT2D eigenvalue weighted by Gasteiger charge is -2.41. The molecule has 24 heavy (non-hydrogen) atoms. The van der Waals surface area contributed by atoms with E-state index < -0.39 is 8.32 Å². The molecule has 2 atom stereocenters. The van der Waals surface area contributed by atoms with Crippen molar-refractivity contribution in [1.82, 2.24) is 0 Å². The minimum absolute atomic E-state index is 0.108. The van der Waals surface area contributed by atoms with Gasteiger partial charge in [0.25, 0.3) is 0 Å². The molecule has 0 fully saturated rings. The van der Waals surface area contributed by atoms with Crippen molar-refractivity contribution in [1.29, 1.82) is 0 Å². The van der Waals surface area contributed by atoms with E-state index in [0.29, 0.717) is 10.0 Å². The van der Waals surface area contributed by atoms with E-state index in [1.54, 1.807) is 7.11 Å². The molecule has 1 aromatic rings. The predicted molar refractivity (Wildman–Crippen MR) is 105 cm³/mol. The zero-order valence-corrected chi connectivity index (χ0v) is 18.3. The molecule has 0 heterocycles. The minimum Gasteiger partial charge on any atom is -0.411 e. The summed E-state index contributed by atoms with van der Waals surface area (Å²) in [6.07, 6.45) is 0.284. The molecule has 0 N–H and O–H groups in total. The van der Waals surface area contributed by atoms with Gasteiger partial charge in [-0.3, -0.25) is 0 Å². The highest BCUT2D eigenvalue weighted by molar-refractivity contribution is 6.74. The van der Waals surface area contributed by atoms with Crippen LogP contribution in [0.15, 0.2) is 18.2 Å². The quantitative estimate of drug-likeness (QED) is 0.375. The summed E-state index contributed by atoms with van der Waals surface area (Å²) in [5, 5.41) is 1.28. The molecule has 0 aromatic heterocycles. The van der Waals surface area contributed by atoms with Crippen molar-refractivity contribution in [3.63, 3.8) is 0 Å². The van der Waals surface area contributed by atoms with Crippen LogP contribution in [0.25, 0.3) is 0 Å². The molecule has 1 rings (SSSR count). The van der Waals surface area contributed by atoms with E-state index in [1.165, 1.54) is 0 Å². The van der Waals surface area contributed by atoms with Crippen molar-refractivity contribution < 1.29 is 13.9 Å². The van der Waals surface area contributed by atoms with Crippen molar-refractivity contribution in [3.8, 4) is 0 Å². The number of benzene rings is 1. The van der Waals surface area contributed by atoms with E-state index in [0.717, 1.165) is 12.0 Å². The van der Waals surface area contributed by atoms with Crippen molar-refractivity contribution in [3.05, 3.63) is 33.8 Å². The Morgan fingerprint density at radius 2 is 1.67 bits per heavy atom. The molecule has 0 aliphatic rings. The summed E-state index contributed by atoms with van der Waals surface area (Å²) >= 11 is 12.8. The van der Waals surface area contributed by atoms with Crippen LogP contribution >= 0.6 is 23.2 Å². The number of hydrogen-bond acceptors (Lipinski definition) is 3. The molecule has 0 bridgehead atoms. The first-order chi connectivity index (χ1) is 11.0. The zero-order valence-electron chi connectivity index (χ0n) is 15.8. The highest BCUT2D eigenvalue weighted by Gasteiger charge is 2.41. The standard InChI is InChI=1S/C18H30Cl2O3Si/c1-8-15(23-24(6,7)18(2,3)4)17(22-12-21-5)16-13(19)10-9-11-14(16)20/h9-11,15,17H,8,12H2,1-7H3/t15-,17+/m1/s1. The zero-order chi connectivity index (χ0) is 18.5. The lowest BCUT2D eigenvalue weighted by molar-refractivity contribution is -0.111. The smallest absolute Gasteiger partial charge is 0.192 e. The second kappa shape index (κ2) is 9.02. The highest BCUT2D eigenvalue weighted by Crippen LogP contribution is 2.42. The molecule has 6 heteroatoms. The van der Waals surface area contributed by atoms with Gasteiger partial charge in [-0.25, -0.2) is 0 Å². The normalized spacial score (nSPS) is 15.4. The Bertz CT molecular complexity index is 509. The second-order valence-electron chi connectivity index (χ2n) is 7.45. The van der Waals surface area contributed by atoms with E-state index in [9.17, 15) is 0 Å². The van der Waals surface area contributed by atoms with Crippen LogP contribution in [0.4, 0.5) is 0 Å². The fraction of sp³-hybridized carbons (Fsp3) is 0.667. The third-order valence-corrected chi connectivity index (χ3v) is 9.81. The molecular weight excluding hydrogens is 363 g/mol. The first-order valence-electron chi connectivity index (χ1n) is 8.27. The van der Waals surface area contributed by atoms with Crippen LogP contribution in [-0.2, 0) is 13.9 Å². The van der Waals surface area contributed by atoms with Gasteiger partial charge in [-0.1, -0.05) is 57.0 Å². The fourth-order valence-electron chi connectivity index (χ4n) is 2.21. The number of halogens is 2. The third kappa shape index (κ3) is 5.45. The molecule has 138 valence electrons. The summed E-state index contributed by atoms with van der Waals surface area (Å²) in [6, 6.07) is 5.48. The Morgan fingerprint density at radius 3 is 2.08 bits per heavy atom. The first kappa shape index (κ1) is 21.9. The van der Waals surface area contributed by atoms with Crippen molar-refractivity contribution in [2.75, 3.05) is 13.9 Å². The van der Waals surface area contributed by atoms with E-state index in [2.05, 4.69) is 40.8 Å². The van der Waals surface area contributed by atoms with Crippen molar-refractivity contribution in [2.45, 2.75) is 64.5 Å². The average molecular weight is 393 g/mol. The summed E-state index contributed by atoms with van der Waals surface area (Å²) in [4.78, 5) is 0. The van der Waals surface area contributed by atoms with Gasteiger partial charge in [0.05, 0.1) is 6.10 Å². The lowest BCUT2D eigenvalue weighted by atomic mass is 10.0. The van der Waals surface area contributed by atoms with E-state index in [-0.39, 0.29) is 24.0 Å². The van der Waals surface area contributed by atoms with Crippen LogP contribution in [0.2, 0.25) is 28.2 Å². The Hall–Kier alpha value is -0.103. The maximum atomic E-state index is 6.62. The molecular formula is C18H30Cl2O3Si. The van der Waals surface area contributed by atoms with Gasteiger partial charge < -0.3 is 13.9 Å². The van der Waals surface area contributed by atoms with Crippen molar-refractivity contribution >= 4 is 31.5 Å². The number of hydrogen-bond donors (Lipinski definition) is 0. The van der Waals surface area contributed by atoms with E-state index >= 15 is 0 Å². The molecule has 0 aliphatic carbocycles. The molecule has 0 unspecified atom stereocenters. The van der Waals surface area contributed by atoms with Crippen LogP contribution in [0, 0.1) is 0 Å². The van der Waals surface area contributed by atoms with E-state index in [1.807, 2.05) is 18.2 Å². The largest absolute Gasteiger partial charge is 0.411 e. The topological polar surface area (TPSA) is 27.7 Å². The van der Waals surface area contributed by atoms with Crippen LogP contribution in [0.3, 0.4) is 0 Å². The van der Waals surface area contributed by atoms with Gasteiger partial charge in [0.15, 0.2) is 8.32 Å². The molecule has 0 aliphatic heterocycles. The summed E-state index contributed by atoms with van der Waals surface area (Å²) < 4.78 is 17.7. The molecule has 0 amide bonds. The second-order valence-corrected chi connectivity index (χ2v) is 13.0. The molecule has 0 radical (unpaired) electrons. The number of rotatable bonds is 8. The minimum atomic E-state index is -1.97. The van der Waals surface area contributed by atoms with E-state index in [4.69, 9.17) is 37.1 Å². The van der Waals surface area contributed by atoms with Crippen molar-refractivity contribution in [2.24, 2.45) is 0 Å². The SMILES string of the molecule is CC[C@@H](O[Si](C)(C)C(C)(C)C)[C@H](OCOC)c1c(Cl)cccc1Cl. The number of ether oxygens (including phenoxy) is 2. The summed E-state index contributed by atoms with van der Waals surface area (Å²) in [5.74, 6) is 0. The first-order valence-corrected chi connectivity index (χ1v) is 11.9. The van der Waals surface area contributed by atoms with Crippen LogP contribution < -0.4 is 0 Å². The molecule has 3 nitrogen and oxygen atoms in total. The van der Waals surface area contributed by atoms with Crippen LogP contribution in [0.5, 0.6) is 0 Å². The predicted octanol–water partition coefficient (Wildman–Crippen LogP) is 6.46. The summed E-state index contributed by atoms with van der Waals surface area (Å²) in [5.41, 5.74) is 0.767. The Balaban J connectivity index is 3.22. The molecule has 0 spiro atoms. The highest BCUT2D eigenvalue weighted by atomic mass is 35.5. The molecule has 1 aromatic carbocycles. The van der Waals surface area contributed by atoms with Gasteiger partial charge in [-0.05, 0) is 36.7 Å². The average Bonchev–Trinajstić information content (AvgIpc) is 2.47. The number of methoxy groups -OCH3 is 1. The lowest BCUT2D eigenvalue weighted by Crippen LogP contribution is -2.45. The Kier molecular flexibility index (Phi) is 8.24. The van der Waals surface area contributed by atoms with Gasteiger partial charge in [0.2, 0.25) is 0 Å². The third-order valence-electron chi connectivity index (χ3n) is 4.64. The maximum absolute atomic E-state index is 6.62. The van der Waals surface area contributed by atoms with Gasteiger partial charge in [0, 0.05) is 22.7 Å². The summed E-state index contributed by atoms with van der Waals surface area (Å²) in [7, 11) is -0.367. The summed E-state index contributed by atoms with van der Waals surface area (Å²) in [6.45, 7) is 13.4. The fourth-order valence-corrected chi connectivity index (χ4v) is 4.23.